The highest BCUT2D eigenvalue weighted by Crippen LogP contribution is 2.37. The van der Waals surface area contributed by atoms with Crippen LogP contribution in [-0.4, -0.2) is 31.1 Å². The van der Waals surface area contributed by atoms with E-state index >= 15 is 0 Å². The van der Waals surface area contributed by atoms with E-state index in [1.165, 1.54) is 7.11 Å². The van der Waals surface area contributed by atoms with Gasteiger partial charge in [0, 0.05) is 17.9 Å². The van der Waals surface area contributed by atoms with Crippen LogP contribution in [0.2, 0.25) is 0 Å². The number of hydrogen-bond acceptors (Lipinski definition) is 4. The molecule has 5 heteroatoms. The molecule has 0 amide bonds. The predicted molar refractivity (Wildman–Crippen MR) is 67.9 cm³/mol. The van der Waals surface area contributed by atoms with Crippen molar-refractivity contribution in [3.63, 3.8) is 0 Å². The zero-order valence-corrected chi connectivity index (χ0v) is 10.9. The number of carboxylic acids is 1. The van der Waals surface area contributed by atoms with E-state index in [1.807, 2.05) is 0 Å². The van der Waals surface area contributed by atoms with Crippen LogP contribution in [0, 0.1) is 5.92 Å². The van der Waals surface area contributed by atoms with Crippen LogP contribution in [0.25, 0.3) is 0 Å². The summed E-state index contributed by atoms with van der Waals surface area (Å²) in [6.07, 6.45) is 0.952. The Labute approximate surface area is 111 Å². The molecule has 1 atom stereocenters. The summed E-state index contributed by atoms with van der Waals surface area (Å²) in [5.41, 5.74) is 1.52. The Bertz CT molecular complexity index is 521. The molecule has 0 saturated carbocycles. The van der Waals surface area contributed by atoms with Crippen molar-refractivity contribution in [2.24, 2.45) is 5.92 Å². The van der Waals surface area contributed by atoms with Crippen molar-refractivity contribution in [1.29, 1.82) is 0 Å². The number of carboxylic acid groups (broad SMARTS) is 1. The number of Topliss-reactive ketones (excluding diaryl/α,β-unsaturated/α-hetero) is 1. The zero-order chi connectivity index (χ0) is 14.0. The van der Waals surface area contributed by atoms with Gasteiger partial charge in [-0.2, -0.15) is 0 Å². The Morgan fingerprint density at radius 2 is 1.95 bits per heavy atom. The smallest absolute Gasteiger partial charge is 0.303 e. The molecule has 1 aromatic rings. The second-order valence-electron chi connectivity index (χ2n) is 4.56. The molecule has 0 spiro atoms. The molecular weight excluding hydrogens is 248 g/mol. The molecule has 1 aliphatic rings. The van der Waals surface area contributed by atoms with Crippen LogP contribution >= 0.6 is 0 Å². The van der Waals surface area contributed by atoms with Crippen molar-refractivity contribution < 1.29 is 24.2 Å². The van der Waals surface area contributed by atoms with Crippen LogP contribution < -0.4 is 9.47 Å². The number of fused-ring (bicyclic) bond motifs is 1. The minimum Gasteiger partial charge on any atom is -0.493 e. The summed E-state index contributed by atoms with van der Waals surface area (Å²) in [6, 6.07) is 3.48. The number of hydrogen-bond donors (Lipinski definition) is 1. The average molecular weight is 264 g/mol. The van der Waals surface area contributed by atoms with Crippen molar-refractivity contribution in [2.45, 2.75) is 19.3 Å². The van der Waals surface area contributed by atoms with Gasteiger partial charge in [-0.1, -0.05) is 0 Å². The van der Waals surface area contributed by atoms with Gasteiger partial charge in [-0.3, -0.25) is 9.59 Å². The van der Waals surface area contributed by atoms with E-state index in [1.54, 1.807) is 19.2 Å². The molecule has 0 aliphatic heterocycles. The summed E-state index contributed by atoms with van der Waals surface area (Å²) in [4.78, 5) is 22.8. The molecule has 1 unspecified atom stereocenters. The maximum Gasteiger partial charge on any atom is 0.303 e. The van der Waals surface area contributed by atoms with E-state index in [0.29, 0.717) is 29.9 Å². The third-order valence-electron chi connectivity index (χ3n) is 3.42. The number of ether oxygens (including phenoxy) is 2. The molecule has 0 fully saturated rings. The minimum atomic E-state index is -0.876. The Hall–Kier alpha value is -2.04. The Morgan fingerprint density at radius 3 is 2.53 bits per heavy atom. The third kappa shape index (κ3) is 2.54. The van der Waals surface area contributed by atoms with E-state index in [4.69, 9.17) is 14.6 Å². The van der Waals surface area contributed by atoms with Crippen LogP contribution in [0.1, 0.15) is 28.8 Å². The fraction of sp³-hybridized carbons (Fsp3) is 0.429. The molecule has 0 saturated heterocycles. The largest absolute Gasteiger partial charge is 0.493 e. The first kappa shape index (κ1) is 13.4. The van der Waals surface area contributed by atoms with E-state index < -0.39 is 5.97 Å². The van der Waals surface area contributed by atoms with Gasteiger partial charge < -0.3 is 14.6 Å². The molecule has 0 aromatic heterocycles. The summed E-state index contributed by atoms with van der Waals surface area (Å²) >= 11 is 0. The summed E-state index contributed by atoms with van der Waals surface area (Å²) in [7, 11) is 3.06. The first-order valence-corrected chi connectivity index (χ1v) is 6.07. The van der Waals surface area contributed by atoms with Crippen LogP contribution in [0.4, 0.5) is 0 Å². The molecule has 19 heavy (non-hydrogen) atoms. The number of methoxy groups -OCH3 is 2. The van der Waals surface area contributed by atoms with Crippen LogP contribution in [0.15, 0.2) is 12.1 Å². The maximum atomic E-state index is 12.2. The first-order chi connectivity index (χ1) is 9.06. The lowest BCUT2D eigenvalue weighted by Crippen LogP contribution is -2.11. The van der Waals surface area contributed by atoms with Crippen molar-refractivity contribution in [3.05, 3.63) is 23.3 Å². The van der Waals surface area contributed by atoms with Crippen molar-refractivity contribution >= 4 is 11.8 Å². The highest BCUT2D eigenvalue weighted by molar-refractivity contribution is 6.03. The number of carbonyl (C=O) groups is 2. The van der Waals surface area contributed by atoms with Crippen molar-refractivity contribution in [3.8, 4) is 11.5 Å². The van der Waals surface area contributed by atoms with E-state index in [-0.39, 0.29) is 18.1 Å². The quantitative estimate of drug-likeness (QED) is 0.879. The van der Waals surface area contributed by atoms with Crippen molar-refractivity contribution in [2.75, 3.05) is 14.2 Å². The van der Waals surface area contributed by atoms with Gasteiger partial charge in [-0.15, -0.1) is 0 Å². The molecule has 1 N–H and O–H groups in total. The second-order valence-corrected chi connectivity index (χ2v) is 4.56. The minimum absolute atomic E-state index is 0.00259. The van der Waals surface area contributed by atoms with Gasteiger partial charge in [-0.25, -0.2) is 0 Å². The van der Waals surface area contributed by atoms with Crippen LogP contribution in [0.3, 0.4) is 0 Å². The number of aliphatic carboxylic acids is 1. The molecular formula is C14H16O5. The lowest BCUT2D eigenvalue weighted by Gasteiger charge is -2.09. The van der Waals surface area contributed by atoms with E-state index in [9.17, 15) is 9.59 Å². The standard InChI is InChI=1S/C14H16O5/c1-18-11-6-9-5-8(3-4-13(15)16)14(17)10(9)7-12(11)19-2/h6-8H,3-5H2,1-2H3,(H,15,16). The van der Waals surface area contributed by atoms with Gasteiger partial charge in [0.2, 0.25) is 0 Å². The number of ketones is 1. The summed E-state index contributed by atoms with van der Waals surface area (Å²) in [6.45, 7) is 0. The Balaban J connectivity index is 2.25. The summed E-state index contributed by atoms with van der Waals surface area (Å²) in [5, 5.41) is 8.69. The highest BCUT2D eigenvalue weighted by atomic mass is 16.5. The lowest BCUT2D eigenvalue weighted by atomic mass is 9.99. The van der Waals surface area contributed by atoms with Crippen LogP contribution in [-0.2, 0) is 11.2 Å². The van der Waals surface area contributed by atoms with E-state index in [2.05, 4.69) is 0 Å². The first-order valence-electron chi connectivity index (χ1n) is 6.07. The molecule has 5 nitrogen and oxygen atoms in total. The molecule has 1 aromatic carbocycles. The maximum absolute atomic E-state index is 12.2. The fourth-order valence-corrected chi connectivity index (χ4v) is 2.43. The van der Waals surface area contributed by atoms with Gasteiger partial charge in [0.15, 0.2) is 17.3 Å². The molecule has 2 rings (SSSR count). The van der Waals surface area contributed by atoms with Crippen LogP contribution in [0.5, 0.6) is 11.5 Å². The normalized spacial score (nSPS) is 17.2. The Kier molecular flexibility index (Phi) is 3.74. The number of carbonyl (C=O) groups excluding carboxylic acids is 1. The second kappa shape index (κ2) is 5.30. The monoisotopic (exact) mass is 264 g/mol. The third-order valence-corrected chi connectivity index (χ3v) is 3.42. The predicted octanol–water partition coefficient (Wildman–Crippen LogP) is 1.92. The van der Waals surface area contributed by atoms with Gasteiger partial charge in [0.25, 0.3) is 0 Å². The van der Waals surface area contributed by atoms with Crippen molar-refractivity contribution in [1.82, 2.24) is 0 Å². The number of rotatable bonds is 5. The molecule has 102 valence electrons. The molecule has 0 radical (unpaired) electrons. The van der Waals surface area contributed by atoms with Gasteiger partial charge in [-0.05, 0) is 30.5 Å². The van der Waals surface area contributed by atoms with Gasteiger partial charge >= 0.3 is 5.97 Å². The fourth-order valence-electron chi connectivity index (χ4n) is 2.43. The molecule has 1 aliphatic carbocycles. The highest BCUT2D eigenvalue weighted by Gasteiger charge is 2.32. The lowest BCUT2D eigenvalue weighted by molar-refractivity contribution is -0.137. The van der Waals surface area contributed by atoms with Gasteiger partial charge in [0.05, 0.1) is 14.2 Å². The number of benzene rings is 1. The SMILES string of the molecule is COc1cc2c(cc1OC)C(=O)C(CCC(=O)O)C2. The topological polar surface area (TPSA) is 72.8 Å². The molecule has 0 heterocycles. The Morgan fingerprint density at radius 1 is 1.32 bits per heavy atom. The summed E-state index contributed by atoms with van der Waals surface area (Å²) < 4.78 is 10.4. The van der Waals surface area contributed by atoms with Gasteiger partial charge in [0.1, 0.15) is 0 Å². The molecule has 0 bridgehead atoms. The zero-order valence-electron chi connectivity index (χ0n) is 10.9. The average Bonchev–Trinajstić information content (AvgIpc) is 2.71. The van der Waals surface area contributed by atoms with E-state index in [0.717, 1.165) is 5.56 Å². The summed E-state index contributed by atoms with van der Waals surface area (Å²) in [5.74, 6) is -0.0135.